The standard InChI is InChI=1S/C9H16N2/c1-5-9-6-10-7(2)8(3)11(9)4/h6,9H,5H2,1-4H3. The summed E-state index contributed by atoms with van der Waals surface area (Å²) in [7, 11) is 2.12. The van der Waals surface area contributed by atoms with E-state index >= 15 is 0 Å². The molecule has 1 aliphatic heterocycles. The van der Waals surface area contributed by atoms with Crippen LogP contribution in [0.5, 0.6) is 0 Å². The summed E-state index contributed by atoms with van der Waals surface area (Å²) in [5, 5.41) is 0. The van der Waals surface area contributed by atoms with Crippen molar-refractivity contribution in [3.05, 3.63) is 11.4 Å². The number of hydrogen-bond acceptors (Lipinski definition) is 2. The van der Waals surface area contributed by atoms with Crippen molar-refractivity contribution < 1.29 is 0 Å². The third kappa shape index (κ3) is 1.44. The van der Waals surface area contributed by atoms with Gasteiger partial charge in [0.25, 0.3) is 0 Å². The summed E-state index contributed by atoms with van der Waals surface area (Å²) in [5.41, 5.74) is 2.43. The van der Waals surface area contributed by atoms with Gasteiger partial charge in [0.05, 0.1) is 11.7 Å². The quantitative estimate of drug-likeness (QED) is 0.561. The van der Waals surface area contributed by atoms with Gasteiger partial charge in [0.1, 0.15) is 0 Å². The van der Waals surface area contributed by atoms with Crippen LogP contribution in [-0.2, 0) is 0 Å². The minimum Gasteiger partial charge on any atom is -0.369 e. The Morgan fingerprint density at radius 3 is 2.73 bits per heavy atom. The first-order valence-corrected chi connectivity index (χ1v) is 4.11. The molecule has 1 heterocycles. The molecule has 0 N–H and O–H groups in total. The van der Waals surface area contributed by atoms with E-state index in [1.54, 1.807) is 0 Å². The van der Waals surface area contributed by atoms with Crippen LogP contribution in [0.3, 0.4) is 0 Å². The highest BCUT2D eigenvalue weighted by atomic mass is 15.2. The molecule has 0 aromatic carbocycles. The second kappa shape index (κ2) is 3.07. The minimum atomic E-state index is 0.499. The maximum Gasteiger partial charge on any atom is 0.0636 e. The SMILES string of the molecule is CCC1C=NC(C)=C(C)N1C. The van der Waals surface area contributed by atoms with Crippen molar-refractivity contribution in [2.24, 2.45) is 4.99 Å². The van der Waals surface area contributed by atoms with Gasteiger partial charge in [0.15, 0.2) is 0 Å². The Bertz CT molecular complexity index is 204. The molecule has 0 saturated heterocycles. The summed E-state index contributed by atoms with van der Waals surface area (Å²) >= 11 is 0. The fraction of sp³-hybridized carbons (Fsp3) is 0.667. The molecule has 2 heteroatoms. The average Bonchev–Trinajstić information content (AvgIpc) is 2.01. The van der Waals surface area contributed by atoms with Gasteiger partial charge in [-0.15, -0.1) is 0 Å². The van der Waals surface area contributed by atoms with Gasteiger partial charge in [-0.1, -0.05) is 6.92 Å². The molecule has 0 radical (unpaired) electrons. The second-order valence-electron chi connectivity index (χ2n) is 3.04. The highest BCUT2D eigenvalue weighted by molar-refractivity contribution is 5.67. The summed E-state index contributed by atoms with van der Waals surface area (Å²) in [6.45, 7) is 6.35. The third-order valence-electron chi connectivity index (χ3n) is 2.41. The summed E-state index contributed by atoms with van der Waals surface area (Å²) in [6, 6.07) is 0.499. The Morgan fingerprint density at radius 2 is 2.18 bits per heavy atom. The number of rotatable bonds is 1. The Morgan fingerprint density at radius 1 is 1.55 bits per heavy atom. The van der Waals surface area contributed by atoms with Crippen molar-refractivity contribution in [2.75, 3.05) is 7.05 Å². The van der Waals surface area contributed by atoms with E-state index in [0.29, 0.717) is 6.04 Å². The number of hydrogen-bond donors (Lipinski definition) is 0. The zero-order valence-electron chi connectivity index (χ0n) is 7.76. The molecular formula is C9H16N2. The van der Waals surface area contributed by atoms with Crippen LogP contribution < -0.4 is 0 Å². The molecule has 0 amide bonds. The van der Waals surface area contributed by atoms with Gasteiger partial charge in [0, 0.05) is 19.0 Å². The zero-order valence-corrected chi connectivity index (χ0v) is 7.76. The van der Waals surface area contributed by atoms with E-state index < -0.39 is 0 Å². The molecule has 0 saturated carbocycles. The van der Waals surface area contributed by atoms with Gasteiger partial charge in [-0.05, 0) is 20.3 Å². The molecule has 1 aliphatic rings. The van der Waals surface area contributed by atoms with Gasteiger partial charge in [-0.25, -0.2) is 0 Å². The van der Waals surface area contributed by atoms with Gasteiger partial charge >= 0.3 is 0 Å². The lowest BCUT2D eigenvalue weighted by Gasteiger charge is -2.30. The molecule has 1 atom stereocenters. The summed E-state index contributed by atoms with van der Waals surface area (Å²) < 4.78 is 0. The minimum absolute atomic E-state index is 0.499. The van der Waals surface area contributed by atoms with Crippen molar-refractivity contribution in [3.63, 3.8) is 0 Å². The fourth-order valence-electron chi connectivity index (χ4n) is 1.27. The first-order chi connectivity index (χ1) is 5.16. The largest absolute Gasteiger partial charge is 0.369 e. The highest BCUT2D eigenvalue weighted by Crippen LogP contribution is 2.17. The normalized spacial score (nSPS) is 24.7. The van der Waals surface area contributed by atoms with E-state index in [2.05, 4.69) is 30.8 Å². The van der Waals surface area contributed by atoms with Crippen LogP contribution in [-0.4, -0.2) is 24.2 Å². The highest BCUT2D eigenvalue weighted by Gasteiger charge is 2.15. The van der Waals surface area contributed by atoms with E-state index in [-0.39, 0.29) is 0 Å². The first-order valence-electron chi connectivity index (χ1n) is 4.11. The Balaban J connectivity index is 2.82. The van der Waals surface area contributed by atoms with Crippen LogP contribution in [0.15, 0.2) is 16.4 Å². The predicted octanol–water partition coefficient (Wildman–Crippen LogP) is 2.03. The number of allylic oxidation sites excluding steroid dienone is 2. The first kappa shape index (κ1) is 8.31. The summed E-state index contributed by atoms with van der Waals surface area (Å²) in [6.07, 6.45) is 3.16. The number of nitrogens with zero attached hydrogens (tertiary/aromatic N) is 2. The van der Waals surface area contributed by atoms with E-state index in [1.165, 1.54) is 5.70 Å². The lowest BCUT2D eigenvalue weighted by Crippen LogP contribution is -2.33. The van der Waals surface area contributed by atoms with Gasteiger partial charge in [-0.2, -0.15) is 0 Å². The van der Waals surface area contributed by atoms with Crippen molar-refractivity contribution in [1.82, 2.24) is 4.90 Å². The Kier molecular flexibility index (Phi) is 2.32. The molecule has 0 aromatic heterocycles. The predicted molar refractivity (Wildman–Crippen MR) is 48.7 cm³/mol. The molecule has 2 nitrogen and oxygen atoms in total. The van der Waals surface area contributed by atoms with Crippen LogP contribution >= 0.6 is 0 Å². The molecule has 0 spiro atoms. The van der Waals surface area contributed by atoms with Crippen LogP contribution in [0, 0.1) is 0 Å². The van der Waals surface area contributed by atoms with Crippen LogP contribution in [0.2, 0.25) is 0 Å². The van der Waals surface area contributed by atoms with E-state index in [9.17, 15) is 0 Å². The average molecular weight is 152 g/mol. The molecule has 11 heavy (non-hydrogen) atoms. The number of aliphatic imine (C=N–C) groups is 1. The molecule has 62 valence electrons. The maximum atomic E-state index is 4.33. The third-order valence-corrected chi connectivity index (χ3v) is 2.41. The van der Waals surface area contributed by atoms with Gasteiger partial charge in [0.2, 0.25) is 0 Å². The molecule has 0 bridgehead atoms. The molecule has 0 fully saturated rings. The Hall–Kier alpha value is -0.790. The van der Waals surface area contributed by atoms with Crippen molar-refractivity contribution in [1.29, 1.82) is 0 Å². The lowest BCUT2D eigenvalue weighted by molar-refractivity contribution is 0.358. The monoisotopic (exact) mass is 152 g/mol. The maximum absolute atomic E-state index is 4.33. The van der Waals surface area contributed by atoms with Crippen molar-refractivity contribution >= 4 is 6.21 Å². The molecule has 0 aromatic rings. The summed E-state index contributed by atoms with van der Waals surface area (Å²) in [5.74, 6) is 0. The van der Waals surface area contributed by atoms with Gasteiger partial charge in [-0.3, -0.25) is 4.99 Å². The van der Waals surface area contributed by atoms with Crippen molar-refractivity contribution in [2.45, 2.75) is 33.2 Å². The fourth-order valence-corrected chi connectivity index (χ4v) is 1.27. The molecule has 0 aliphatic carbocycles. The molecule has 1 unspecified atom stereocenters. The van der Waals surface area contributed by atoms with E-state index in [4.69, 9.17) is 0 Å². The summed E-state index contributed by atoms with van der Waals surface area (Å²) in [4.78, 5) is 6.61. The Labute approximate surface area is 68.6 Å². The van der Waals surface area contributed by atoms with E-state index in [1.807, 2.05) is 13.1 Å². The van der Waals surface area contributed by atoms with E-state index in [0.717, 1.165) is 12.1 Å². The lowest BCUT2D eigenvalue weighted by atomic mass is 10.1. The zero-order chi connectivity index (χ0) is 8.43. The molecule has 1 rings (SSSR count). The van der Waals surface area contributed by atoms with Gasteiger partial charge < -0.3 is 4.90 Å². The van der Waals surface area contributed by atoms with Crippen molar-refractivity contribution in [3.8, 4) is 0 Å². The topological polar surface area (TPSA) is 15.6 Å². The van der Waals surface area contributed by atoms with Crippen LogP contribution in [0.4, 0.5) is 0 Å². The second-order valence-corrected chi connectivity index (χ2v) is 3.04. The molecular weight excluding hydrogens is 136 g/mol. The smallest absolute Gasteiger partial charge is 0.0636 e. The van der Waals surface area contributed by atoms with Crippen LogP contribution in [0.25, 0.3) is 0 Å². The van der Waals surface area contributed by atoms with Crippen LogP contribution in [0.1, 0.15) is 27.2 Å².